The Labute approximate surface area is 153 Å². The number of benzene rings is 1. The molecule has 0 bridgehead atoms. The molecule has 3 atom stereocenters. The zero-order valence-corrected chi connectivity index (χ0v) is 16.7. The highest BCUT2D eigenvalue weighted by Crippen LogP contribution is 2.33. The molecular weight excluding hydrogens is 368 g/mol. The van der Waals surface area contributed by atoms with Crippen LogP contribution in [0.15, 0.2) is 28.7 Å². The molecule has 4 nitrogen and oxygen atoms in total. The number of nitrogens with one attached hydrogen (secondary N) is 1. The van der Waals surface area contributed by atoms with Crippen molar-refractivity contribution >= 4 is 21.8 Å². The van der Waals surface area contributed by atoms with Gasteiger partial charge in [0.2, 0.25) is 5.91 Å². The third-order valence-electron chi connectivity index (χ3n) is 4.74. The molecule has 1 amide bonds. The molecule has 0 aromatic heterocycles. The number of hydrogen-bond donors (Lipinski definition) is 2. The molecule has 134 valence electrons. The summed E-state index contributed by atoms with van der Waals surface area (Å²) in [4.78, 5) is 12.7. The Hall–Kier alpha value is -0.910. The number of nitrogens with two attached hydrogens (primary N) is 1. The largest absolute Gasteiger partial charge is 0.377 e. The highest BCUT2D eigenvalue weighted by atomic mass is 79.9. The summed E-state index contributed by atoms with van der Waals surface area (Å²) in [6, 6.07) is 7.56. The Balaban J connectivity index is 2.02. The van der Waals surface area contributed by atoms with Crippen LogP contribution in [0.25, 0.3) is 0 Å². The van der Waals surface area contributed by atoms with Crippen LogP contribution < -0.4 is 11.1 Å². The van der Waals surface area contributed by atoms with E-state index in [2.05, 4.69) is 42.0 Å². The first kappa shape index (κ1) is 19.4. The summed E-state index contributed by atoms with van der Waals surface area (Å²) in [6.07, 6.45) is 2.27. The monoisotopic (exact) mass is 396 g/mol. The molecule has 3 unspecified atom stereocenters. The average Bonchev–Trinajstić information content (AvgIpc) is 2.52. The van der Waals surface area contributed by atoms with Crippen molar-refractivity contribution in [1.82, 2.24) is 5.32 Å². The molecule has 0 radical (unpaired) electrons. The van der Waals surface area contributed by atoms with Crippen LogP contribution in [0, 0.1) is 11.3 Å². The molecule has 0 spiro atoms. The van der Waals surface area contributed by atoms with Crippen LogP contribution in [0.1, 0.15) is 46.1 Å². The normalized spacial score (nSPS) is 24.2. The second kappa shape index (κ2) is 7.54. The fourth-order valence-corrected chi connectivity index (χ4v) is 3.61. The van der Waals surface area contributed by atoms with Crippen LogP contribution in [0.2, 0.25) is 0 Å². The van der Waals surface area contributed by atoms with E-state index in [1.165, 1.54) is 0 Å². The number of ether oxygens (including phenoxy) is 1. The lowest BCUT2D eigenvalue weighted by molar-refractivity contribution is -0.127. The Morgan fingerprint density at radius 2 is 1.92 bits per heavy atom. The highest BCUT2D eigenvalue weighted by Gasteiger charge is 2.37. The lowest BCUT2D eigenvalue weighted by atomic mass is 9.78. The maximum Gasteiger partial charge on any atom is 0.244 e. The summed E-state index contributed by atoms with van der Waals surface area (Å²) in [5.74, 6) is 0.173. The van der Waals surface area contributed by atoms with E-state index in [0.717, 1.165) is 29.5 Å². The molecule has 1 aromatic carbocycles. The molecule has 1 fully saturated rings. The molecule has 2 rings (SSSR count). The van der Waals surface area contributed by atoms with Crippen molar-refractivity contribution in [2.24, 2.45) is 17.1 Å². The van der Waals surface area contributed by atoms with Gasteiger partial charge in [0.15, 0.2) is 0 Å². The van der Waals surface area contributed by atoms with Gasteiger partial charge in [-0.2, -0.15) is 0 Å². The minimum Gasteiger partial charge on any atom is -0.377 e. The van der Waals surface area contributed by atoms with Gasteiger partial charge in [0, 0.05) is 23.5 Å². The Morgan fingerprint density at radius 3 is 2.50 bits per heavy atom. The fourth-order valence-electron chi connectivity index (χ4n) is 3.34. The minimum absolute atomic E-state index is 0.0630. The number of rotatable bonds is 4. The quantitative estimate of drug-likeness (QED) is 0.816. The van der Waals surface area contributed by atoms with Crippen LogP contribution in [-0.4, -0.2) is 25.2 Å². The Morgan fingerprint density at radius 1 is 1.29 bits per heavy atom. The van der Waals surface area contributed by atoms with E-state index in [1.54, 1.807) is 6.92 Å². The van der Waals surface area contributed by atoms with Crippen molar-refractivity contribution in [3.05, 3.63) is 34.3 Å². The van der Waals surface area contributed by atoms with Crippen molar-refractivity contribution < 1.29 is 9.53 Å². The van der Waals surface area contributed by atoms with E-state index in [4.69, 9.17) is 10.5 Å². The summed E-state index contributed by atoms with van der Waals surface area (Å²) >= 11 is 3.40. The summed E-state index contributed by atoms with van der Waals surface area (Å²) in [6.45, 7) is 9.72. The molecule has 1 aliphatic rings. The van der Waals surface area contributed by atoms with Crippen molar-refractivity contribution in [3.8, 4) is 0 Å². The zero-order valence-electron chi connectivity index (χ0n) is 15.1. The number of halogens is 1. The highest BCUT2D eigenvalue weighted by molar-refractivity contribution is 9.10. The van der Waals surface area contributed by atoms with E-state index in [9.17, 15) is 4.79 Å². The zero-order chi connectivity index (χ0) is 18.0. The molecule has 5 heteroatoms. The Kier molecular flexibility index (Phi) is 6.10. The van der Waals surface area contributed by atoms with Gasteiger partial charge in [-0.05, 0) is 42.9 Å². The lowest BCUT2D eigenvalue weighted by Gasteiger charge is -2.40. The van der Waals surface area contributed by atoms with Gasteiger partial charge in [-0.3, -0.25) is 4.79 Å². The maximum atomic E-state index is 12.7. The van der Waals surface area contributed by atoms with Gasteiger partial charge >= 0.3 is 0 Å². The summed E-state index contributed by atoms with van der Waals surface area (Å²) in [5.41, 5.74) is 6.13. The van der Waals surface area contributed by atoms with E-state index >= 15 is 0 Å². The van der Waals surface area contributed by atoms with Gasteiger partial charge in [0.05, 0.1) is 6.10 Å². The van der Waals surface area contributed by atoms with Gasteiger partial charge < -0.3 is 15.8 Å². The van der Waals surface area contributed by atoms with Gasteiger partial charge in [-0.25, -0.2) is 0 Å². The number of carbonyl (C=O) groups excluding carboxylic acids is 1. The molecule has 1 aliphatic heterocycles. The van der Waals surface area contributed by atoms with Gasteiger partial charge in [-0.1, -0.05) is 48.8 Å². The lowest BCUT2D eigenvalue weighted by Crippen LogP contribution is -2.52. The molecule has 1 saturated heterocycles. The van der Waals surface area contributed by atoms with E-state index in [0.29, 0.717) is 12.5 Å². The molecule has 24 heavy (non-hydrogen) atoms. The molecule has 0 aliphatic carbocycles. The molecule has 0 saturated carbocycles. The first-order valence-electron chi connectivity index (χ1n) is 8.57. The van der Waals surface area contributed by atoms with E-state index in [1.807, 2.05) is 24.3 Å². The van der Waals surface area contributed by atoms with Crippen molar-refractivity contribution in [2.75, 3.05) is 13.2 Å². The third kappa shape index (κ3) is 4.58. The van der Waals surface area contributed by atoms with Crippen LogP contribution in [0.5, 0.6) is 0 Å². The summed E-state index contributed by atoms with van der Waals surface area (Å²) in [7, 11) is 0. The fraction of sp³-hybridized carbons (Fsp3) is 0.632. The van der Waals surface area contributed by atoms with Crippen molar-refractivity contribution in [2.45, 2.75) is 52.2 Å². The van der Waals surface area contributed by atoms with Crippen molar-refractivity contribution in [3.63, 3.8) is 0 Å². The third-order valence-corrected chi connectivity index (χ3v) is 5.27. The number of hydrogen-bond acceptors (Lipinski definition) is 3. The van der Waals surface area contributed by atoms with Crippen LogP contribution in [-0.2, 0) is 15.1 Å². The van der Waals surface area contributed by atoms with Crippen LogP contribution >= 0.6 is 15.9 Å². The topological polar surface area (TPSA) is 64.4 Å². The SMILES string of the molecule is CC(N)(C(=O)NCC1CCCOC1C(C)(C)C)c1ccc(Br)cc1. The van der Waals surface area contributed by atoms with Crippen LogP contribution in [0.4, 0.5) is 0 Å². The maximum absolute atomic E-state index is 12.7. The standard InChI is InChI=1S/C19H29BrN2O2/c1-18(2,3)16-13(6-5-11-24-16)12-22-17(23)19(4,21)14-7-9-15(20)10-8-14/h7-10,13,16H,5-6,11-12,21H2,1-4H3,(H,22,23). The molecule has 1 heterocycles. The van der Waals surface area contributed by atoms with Crippen LogP contribution in [0.3, 0.4) is 0 Å². The summed E-state index contributed by atoms with van der Waals surface area (Å²) in [5, 5.41) is 3.05. The predicted octanol–water partition coefficient (Wildman–Crippen LogP) is 3.58. The molecule has 1 aromatic rings. The first-order valence-corrected chi connectivity index (χ1v) is 9.36. The van der Waals surface area contributed by atoms with Gasteiger partial charge in [0.1, 0.15) is 5.54 Å². The van der Waals surface area contributed by atoms with Gasteiger partial charge in [0.25, 0.3) is 0 Å². The second-order valence-corrected chi connectivity index (χ2v) is 8.89. The molecule has 3 N–H and O–H groups in total. The average molecular weight is 397 g/mol. The minimum atomic E-state index is -1.05. The summed E-state index contributed by atoms with van der Waals surface area (Å²) < 4.78 is 6.95. The first-order chi connectivity index (χ1) is 11.1. The number of amides is 1. The predicted molar refractivity (Wildman–Crippen MR) is 101 cm³/mol. The second-order valence-electron chi connectivity index (χ2n) is 7.98. The Bertz CT molecular complexity index is 564. The van der Waals surface area contributed by atoms with Crippen molar-refractivity contribution in [1.29, 1.82) is 0 Å². The number of carbonyl (C=O) groups is 1. The smallest absolute Gasteiger partial charge is 0.244 e. The molecular formula is C19H29BrN2O2. The van der Waals surface area contributed by atoms with E-state index in [-0.39, 0.29) is 17.4 Å². The van der Waals surface area contributed by atoms with E-state index < -0.39 is 5.54 Å². The van der Waals surface area contributed by atoms with Gasteiger partial charge in [-0.15, -0.1) is 0 Å².